The predicted molar refractivity (Wildman–Crippen MR) is 99.8 cm³/mol. The number of fused-ring (bicyclic) bond motifs is 1. The van der Waals surface area contributed by atoms with Gasteiger partial charge in [-0.2, -0.15) is 5.10 Å². The number of aromatic amines is 1. The molecule has 1 aliphatic rings. The molecule has 1 N–H and O–H groups in total. The summed E-state index contributed by atoms with van der Waals surface area (Å²) in [7, 11) is 0.432. The summed E-state index contributed by atoms with van der Waals surface area (Å²) in [4.78, 5) is 4.66. The van der Waals surface area contributed by atoms with Gasteiger partial charge in [-0.25, -0.2) is 8.42 Å². The lowest BCUT2D eigenvalue weighted by Crippen LogP contribution is -2.46. The van der Waals surface area contributed by atoms with Crippen molar-refractivity contribution in [3.05, 3.63) is 35.7 Å². The molecular weight excluding hydrogens is 338 g/mol. The zero-order valence-electron chi connectivity index (χ0n) is 15.2. The summed E-state index contributed by atoms with van der Waals surface area (Å²) in [6.07, 6.45) is 0. The van der Waals surface area contributed by atoms with Crippen LogP contribution in [0.25, 0.3) is 0 Å². The largest absolute Gasteiger partial charge is 0.367 e. The Morgan fingerprint density at radius 1 is 1.16 bits per heavy atom. The molecule has 0 amide bonds. The van der Waals surface area contributed by atoms with Crippen LogP contribution in [0.4, 0.5) is 11.4 Å². The fourth-order valence-electron chi connectivity index (χ4n) is 3.23. The summed E-state index contributed by atoms with van der Waals surface area (Å²) in [6.45, 7) is 6.33. The van der Waals surface area contributed by atoms with Gasteiger partial charge >= 0.3 is 0 Å². The molecule has 0 saturated heterocycles. The molecule has 0 radical (unpaired) electrons. The third-order valence-corrected chi connectivity index (χ3v) is 6.57. The lowest BCUT2D eigenvalue weighted by atomic mass is 10.2. The van der Waals surface area contributed by atoms with Crippen molar-refractivity contribution in [3.8, 4) is 0 Å². The van der Waals surface area contributed by atoms with E-state index < -0.39 is 10.0 Å². The number of rotatable bonds is 5. The second kappa shape index (κ2) is 6.68. The highest BCUT2D eigenvalue weighted by Crippen LogP contribution is 2.37. The Bertz CT molecular complexity index is 840. The van der Waals surface area contributed by atoms with Crippen molar-refractivity contribution in [2.75, 3.05) is 49.5 Å². The number of hydrogen-bond acceptors (Lipinski definition) is 5. The molecule has 0 spiro atoms. The van der Waals surface area contributed by atoms with Gasteiger partial charge in [0.2, 0.25) is 0 Å². The molecule has 136 valence electrons. The average Bonchev–Trinajstić information content (AvgIpc) is 2.91. The van der Waals surface area contributed by atoms with Crippen LogP contribution in [0.3, 0.4) is 0 Å². The number of nitrogens with one attached hydrogen (secondary N) is 1. The van der Waals surface area contributed by atoms with Crippen molar-refractivity contribution in [2.24, 2.45) is 0 Å². The standard InChI is InChI=1S/C17H25N5O2S/c1-13-17(14(2)19-18-13)25(23,24)22-12-11-21(10-9-20(3)4)15-7-5-6-8-16(15)22/h5-8H,9-12H2,1-4H3,(H,18,19). The molecular formula is C17H25N5O2S. The van der Waals surface area contributed by atoms with Crippen molar-refractivity contribution >= 4 is 21.4 Å². The van der Waals surface area contributed by atoms with E-state index in [1.165, 1.54) is 4.31 Å². The molecule has 2 aromatic rings. The third kappa shape index (κ3) is 3.23. The first kappa shape index (κ1) is 17.8. The van der Waals surface area contributed by atoms with E-state index in [2.05, 4.69) is 20.0 Å². The molecule has 0 fully saturated rings. The van der Waals surface area contributed by atoms with E-state index in [0.29, 0.717) is 24.5 Å². The van der Waals surface area contributed by atoms with Gasteiger partial charge in [-0.05, 0) is 40.1 Å². The number of anilines is 2. The Morgan fingerprint density at radius 2 is 1.84 bits per heavy atom. The maximum absolute atomic E-state index is 13.3. The van der Waals surface area contributed by atoms with E-state index in [1.807, 2.05) is 38.4 Å². The van der Waals surface area contributed by atoms with E-state index >= 15 is 0 Å². The highest BCUT2D eigenvalue weighted by Gasteiger charge is 2.34. The van der Waals surface area contributed by atoms with E-state index in [9.17, 15) is 8.42 Å². The Balaban J connectivity index is 2.00. The van der Waals surface area contributed by atoms with E-state index in [4.69, 9.17) is 0 Å². The van der Waals surface area contributed by atoms with Crippen LogP contribution in [-0.4, -0.2) is 63.8 Å². The summed E-state index contributed by atoms with van der Waals surface area (Å²) in [5.74, 6) is 0. The molecule has 25 heavy (non-hydrogen) atoms. The van der Waals surface area contributed by atoms with Crippen LogP contribution in [0, 0.1) is 13.8 Å². The van der Waals surface area contributed by atoms with Gasteiger partial charge < -0.3 is 9.80 Å². The van der Waals surface area contributed by atoms with Crippen LogP contribution in [-0.2, 0) is 10.0 Å². The number of benzene rings is 1. The van der Waals surface area contributed by atoms with Crippen molar-refractivity contribution in [1.29, 1.82) is 0 Å². The highest BCUT2D eigenvalue weighted by molar-refractivity contribution is 7.93. The smallest absolute Gasteiger partial charge is 0.268 e. The maximum atomic E-state index is 13.3. The van der Waals surface area contributed by atoms with Crippen molar-refractivity contribution in [1.82, 2.24) is 15.1 Å². The van der Waals surface area contributed by atoms with E-state index in [0.717, 1.165) is 24.5 Å². The number of likely N-dealkylation sites (N-methyl/N-ethyl adjacent to an activating group) is 1. The topological polar surface area (TPSA) is 72.5 Å². The fourth-order valence-corrected chi connectivity index (χ4v) is 5.04. The molecule has 1 aromatic carbocycles. The van der Waals surface area contributed by atoms with Gasteiger partial charge in [-0.1, -0.05) is 12.1 Å². The van der Waals surface area contributed by atoms with Crippen LogP contribution < -0.4 is 9.21 Å². The minimum Gasteiger partial charge on any atom is -0.367 e. The molecule has 0 aliphatic carbocycles. The van der Waals surface area contributed by atoms with Gasteiger partial charge in [0.05, 0.1) is 29.3 Å². The summed E-state index contributed by atoms with van der Waals surface area (Å²) >= 11 is 0. The lowest BCUT2D eigenvalue weighted by molar-refractivity contribution is 0.413. The second-order valence-electron chi connectivity index (χ2n) is 6.62. The number of aryl methyl sites for hydroxylation is 2. The van der Waals surface area contributed by atoms with Gasteiger partial charge in [0.25, 0.3) is 10.0 Å². The van der Waals surface area contributed by atoms with Gasteiger partial charge in [-0.15, -0.1) is 0 Å². The molecule has 8 heteroatoms. The number of H-pyrrole nitrogens is 1. The normalized spacial score (nSPS) is 14.9. The van der Waals surface area contributed by atoms with Crippen LogP contribution >= 0.6 is 0 Å². The van der Waals surface area contributed by atoms with Crippen molar-refractivity contribution in [2.45, 2.75) is 18.7 Å². The Labute approximate surface area is 149 Å². The average molecular weight is 363 g/mol. The number of para-hydroxylation sites is 2. The Kier molecular flexibility index (Phi) is 4.75. The first-order chi connectivity index (χ1) is 11.8. The van der Waals surface area contributed by atoms with Crippen molar-refractivity contribution < 1.29 is 8.42 Å². The van der Waals surface area contributed by atoms with Crippen LogP contribution in [0.15, 0.2) is 29.2 Å². The first-order valence-electron chi connectivity index (χ1n) is 8.35. The Hall–Kier alpha value is -2.06. The number of nitrogens with zero attached hydrogens (tertiary/aromatic N) is 4. The zero-order chi connectivity index (χ0) is 18.2. The highest BCUT2D eigenvalue weighted by atomic mass is 32.2. The maximum Gasteiger partial charge on any atom is 0.268 e. The molecule has 1 aliphatic heterocycles. The molecule has 1 aromatic heterocycles. The molecule has 0 atom stereocenters. The minimum absolute atomic E-state index is 0.282. The van der Waals surface area contributed by atoms with Gasteiger partial charge in [0.1, 0.15) is 4.90 Å². The number of sulfonamides is 1. The van der Waals surface area contributed by atoms with Crippen LogP contribution in [0.1, 0.15) is 11.4 Å². The number of hydrogen-bond donors (Lipinski definition) is 1. The summed E-state index contributed by atoms with van der Waals surface area (Å²) in [5, 5.41) is 6.83. The SMILES string of the molecule is Cc1n[nH]c(C)c1S(=O)(=O)N1CCN(CCN(C)C)c2ccccc21. The Morgan fingerprint density at radius 3 is 2.44 bits per heavy atom. The van der Waals surface area contributed by atoms with Gasteiger partial charge in [-0.3, -0.25) is 9.40 Å². The van der Waals surface area contributed by atoms with Crippen LogP contribution in [0.2, 0.25) is 0 Å². The summed E-state index contributed by atoms with van der Waals surface area (Å²) in [6, 6.07) is 7.69. The van der Waals surface area contributed by atoms with E-state index in [-0.39, 0.29) is 4.90 Å². The predicted octanol–water partition coefficient (Wildman–Crippen LogP) is 1.60. The quantitative estimate of drug-likeness (QED) is 0.874. The molecule has 0 saturated carbocycles. The van der Waals surface area contributed by atoms with Gasteiger partial charge in [0, 0.05) is 19.6 Å². The lowest BCUT2D eigenvalue weighted by Gasteiger charge is -2.38. The molecule has 2 heterocycles. The number of aromatic nitrogens is 2. The zero-order valence-corrected chi connectivity index (χ0v) is 16.0. The summed E-state index contributed by atoms with van der Waals surface area (Å²) in [5.41, 5.74) is 2.76. The van der Waals surface area contributed by atoms with Crippen molar-refractivity contribution in [3.63, 3.8) is 0 Å². The molecule has 7 nitrogen and oxygen atoms in total. The van der Waals surface area contributed by atoms with Crippen LogP contribution in [0.5, 0.6) is 0 Å². The monoisotopic (exact) mass is 363 g/mol. The van der Waals surface area contributed by atoms with E-state index in [1.54, 1.807) is 13.8 Å². The molecule has 3 rings (SSSR count). The molecule has 0 unspecified atom stereocenters. The van der Waals surface area contributed by atoms with Gasteiger partial charge in [0.15, 0.2) is 0 Å². The second-order valence-corrected chi connectivity index (χ2v) is 8.42. The minimum atomic E-state index is -3.65. The third-order valence-electron chi connectivity index (χ3n) is 4.49. The summed E-state index contributed by atoms with van der Waals surface area (Å²) < 4.78 is 28.0. The fraction of sp³-hybridized carbons (Fsp3) is 0.471. The molecule has 0 bridgehead atoms. The first-order valence-corrected chi connectivity index (χ1v) is 9.79.